The Labute approximate surface area is 298 Å². The van der Waals surface area contributed by atoms with E-state index in [9.17, 15) is 53.7 Å². The number of amides is 7. The van der Waals surface area contributed by atoms with Crippen molar-refractivity contribution in [2.75, 3.05) is 13.2 Å². The third kappa shape index (κ3) is 13.8. The third-order valence-corrected chi connectivity index (χ3v) is 7.49. The minimum atomic E-state index is -1.76. The van der Waals surface area contributed by atoms with E-state index in [2.05, 4.69) is 36.6 Å². The second-order valence-corrected chi connectivity index (χ2v) is 12.1. The molecule has 6 atom stereocenters. The number of hydrogen-bond donors (Lipinski definition) is 11. The van der Waals surface area contributed by atoms with Crippen LogP contribution in [0.15, 0.2) is 42.9 Å². The van der Waals surface area contributed by atoms with Crippen molar-refractivity contribution < 1.29 is 53.7 Å². The van der Waals surface area contributed by atoms with Gasteiger partial charge in [0.15, 0.2) is 0 Å². The Bertz CT molecular complexity index is 1550. The maximum absolute atomic E-state index is 13.5. The van der Waals surface area contributed by atoms with E-state index in [0.717, 1.165) is 0 Å². The van der Waals surface area contributed by atoms with E-state index in [-0.39, 0.29) is 18.8 Å². The lowest BCUT2D eigenvalue weighted by molar-refractivity contribution is -0.144. The summed E-state index contributed by atoms with van der Waals surface area (Å²) in [5, 5.41) is 43.3. The van der Waals surface area contributed by atoms with Gasteiger partial charge < -0.3 is 57.9 Å². The van der Waals surface area contributed by atoms with Crippen molar-refractivity contribution in [3.8, 4) is 0 Å². The summed E-state index contributed by atoms with van der Waals surface area (Å²) in [5.41, 5.74) is 6.00. The molecule has 1 heterocycles. The van der Waals surface area contributed by atoms with Gasteiger partial charge in [0.2, 0.25) is 41.4 Å². The number of carboxylic acids is 1. The summed E-state index contributed by atoms with van der Waals surface area (Å²) in [6.45, 7) is 2.63. The normalized spacial score (nSPS) is 14.3. The first-order valence-corrected chi connectivity index (χ1v) is 16.1. The van der Waals surface area contributed by atoms with E-state index in [1.807, 2.05) is 5.32 Å². The molecule has 12 N–H and O–H groups in total. The van der Waals surface area contributed by atoms with E-state index in [1.54, 1.807) is 44.2 Å². The molecular weight excluding hydrogens is 686 g/mol. The summed E-state index contributed by atoms with van der Waals surface area (Å²) in [6, 6.07) is -0.711. The Hall–Kier alpha value is -5.89. The van der Waals surface area contributed by atoms with Crippen LogP contribution >= 0.6 is 0 Å². The number of aliphatic hydroxyl groups is 2. The number of carboxylic acid groups (broad SMARTS) is 1. The average molecular weight is 732 g/mol. The Kier molecular flexibility index (Phi) is 16.8. The molecular formula is C32H45N9O11. The fourth-order valence-electron chi connectivity index (χ4n) is 4.78. The van der Waals surface area contributed by atoms with Crippen LogP contribution in [0.3, 0.4) is 0 Å². The molecule has 0 saturated heterocycles. The van der Waals surface area contributed by atoms with Gasteiger partial charge in [-0.25, -0.2) is 9.78 Å². The van der Waals surface area contributed by atoms with E-state index in [4.69, 9.17) is 5.73 Å². The summed E-state index contributed by atoms with van der Waals surface area (Å²) >= 11 is 0. The zero-order valence-corrected chi connectivity index (χ0v) is 28.8. The van der Waals surface area contributed by atoms with E-state index in [0.29, 0.717) is 11.3 Å². The lowest BCUT2D eigenvalue weighted by atomic mass is 10.0. The number of nitrogens with one attached hydrogen (secondary N) is 7. The molecule has 2 aromatic rings. The fraction of sp³-hybridized carbons (Fsp3) is 0.469. The number of aromatic nitrogens is 2. The number of benzene rings is 1. The molecule has 0 radical (unpaired) electrons. The number of aliphatic carboxylic acids is 1. The molecule has 0 aliphatic heterocycles. The second kappa shape index (κ2) is 20.7. The summed E-state index contributed by atoms with van der Waals surface area (Å²) in [4.78, 5) is 107. The minimum absolute atomic E-state index is 0.131. The van der Waals surface area contributed by atoms with Gasteiger partial charge in [0.1, 0.15) is 36.3 Å². The molecule has 0 saturated carbocycles. The average Bonchev–Trinajstić information content (AvgIpc) is 3.60. The van der Waals surface area contributed by atoms with Crippen LogP contribution in [0.4, 0.5) is 0 Å². The van der Waals surface area contributed by atoms with Crippen LogP contribution in [0.2, 0.25) is 0 Å². The number of aliphatic hydroxyl groups excluding tert-OH is 2. The van der Waals surface area contributed by atoms with Crippen LogP contribution < -0.4 is 37.6 Å². The van der Waals surface area contributed by atoms with Crippen LogP contribution in [0.5, 0.6) is 0 Å². The topological polar surface area (TPSA) is 324 Å². The van der Waals surface area contributed by atoms with Crippen molar-refractivity contribution in [3.63, 3.8) is 0 Å². The highest BCUT2D eigenvalue weighted by Crippen LogP contribution is 2.08. The van der Waals surface area contributed by atoms with Crippen LogP contribution in [0, 0.1) is 5.92 Å². The number of carbonyl (C=O) groups excluding carboxylic acids is 7. The largest absolute Gasteiger partial charge is 0.480 e. The SMILES string of the molecule is CC(=O)N[C@H](C(=O)N[C@@H](Cc1cnc[nH]1)C(=O)N[C@@H](CO)C(=O)N[C@@H](Cc1ccccc1)C(=O)N[C@@H](CO)C(=O)N[C@@H](CC(N)=O)C(=O)O)C(C)C. The molecule has 20 heteroatoms. The Morgan fingerprint density at radius 2 is 1.19 bits per heavy atom. The number of imidazole rings is 1. The summed E-state index contributed by atoms with van der Waals surface area (Å²) in [7, 11) is 0. The van der Waals surface area contributed by atoms with Crippen molar-refractivity contribution in [3.05, 3.63) is 54.1 Å². The lowest BCUT2D eigenvalue weighted by Gasteiger charge is -2.27. The first kappa shape index (κ1) is 42.3. The zero-order valence-electron chi connectivity index (χ0n) is 28.8. The van der Waals surface area contributed by atoms with Crippen LogP contribution in [0.25, 0.3) is 0 Å². The summed E-state index contributed by atoms with van der Waals surface area (Å²) in [5.74, 6) is -8.31. The number of rotatable bonds is 21. The first-order chi connectivity index (χ1) is 24.6. The van der Waals surface area contributed by atoms with Gasteiger partial charge in [-0.15, -0.1) is 0 Å². The molecule has 20 nitrogen and oxygen atoms in total. The van der Waals surface area contributed by atoms with E-state index in [1.165, 1.54) is 19.4 Å². The number of nitrogens with two attached hydrogens (primary N) is 1. The monoisotopic (exact) mass is 731 g/mol. The third-order valence-electron chi connectivity index (χ3n) is 7.49. The van der Waals surface area contributed by atoms with Gasteiger partial charge in [0, 0.05) is 31.7 Å². The molecule has 7 amide bonds. The molecule has 52 heavy (non-hydrogen) atoms. The first-order valence-electron chi connectivity index (χ1n) is 16.1. The molecule has 0 aliphatic rings. The van der Waals surface area contributed by atoms with Crippen LogP contribution in [-0.2, 0) is 51.2 Å². The smallest absolute Gasteiger partial charge is 0.326 e. The maximum Gasteiger partial charge on any atom is 0.326 e. The maximum atomic E-state index is 13.5. The van der Waals surface area contributed by atoms with Gasteiger partial charge in [-0.3, -0.25) is 33.6 Å². The van der Waals surface area contributed by atoms with Crippen LogP contribution in [-0.4, -0.2) is 122 Å². The predicted octanol–water partition coefficient (Wildman–Crippen LogP) is -4.28. The Balaban J connectivity index is 2.28. The summed E-state index contributed by atoms with van der Waals surface area (Å²) in [6.07, 6.45) is 1.67. The van der Waals surface area contributed by atoms with Crippen molar-refractivity contribution in [2.24, 2.45) is 11.7 Å². The highest BCUT2D eigenvalue weighted by molar-refractivity contribution is 5.97. The molecule has 1 aromatic carbocycles. The molecule has 1 aromatic heterocycles. The molecule has 0 unspecified atom stereocenters. The van der Waals surface area contributed by atoms with Crippen molar-refractivity contribution in [1.82, 2.24) is 41.9 Å². The van der Waals surface area contributed by atoms with Gasteiger partial charge in [-0.05, 0) is 11.5 Å². The van der Waals surface area contributed by atoms with Crippen molar-refractivity contribution >= 4 is 47.3 Å². The van der Waals surface area contributed by atoms with E-state index < -0.39 is 103 Å². The molecule has 0 bridgehead atoms. The van der Waals surface area contributed by atoms with Gasteiger partial charge >= 0.3 is 5.97 Å². The van der Waals surface area contributed by atoms with Crippen molar-refractivity contribution in [2.45, 2.75) is 76.3 Å². The van der Waals surface area contributed by atoms with E-state index >= 15 is 0 Å². The molecule has 0 fully saturated rings. The minimum Gasteiger partial charge on any atom is -0.480 e. The van der Waals surface area contributed by atoms with Gasteiger partial charge in [0.25, 0.3) is 0 Å². The van der Waals surface area contributed by atoms with Crippen molar-refractivity contribution in [1.29, 1.82) is 0 Å². The van der Waals surface area contributed by atoms with Gasteiger partial charge in [-0.1, -0.05) is 44.2 Å². The Morgan fingerprint density at radius 1 is 0.712 bits per heavy atom. The molecule has 0 spiro atoms. The molecule has 0 aliphatic carbocycles. The highest BCUT2D eigenvalue weighted by atomic mass is 16.4. The molecule has 284 valence electrons. The highest BCUT2D eigenvalue weighted by Gasteiger charge is 2.34. The number of primary amides is 1. The number of H-pyrrole nitrogens is 1. The zero-order chi connectivity index (χ0) is 39.0. The number of aromatic amines is 1. The lowest BCUT2D eigenvalue weighted by Crippen LogP contribution is -2.61. The number of nitrogens with zero attached hydrogens (tertiary/aromatic N) is 1. The predicted molar refractivity (Wildman–Crippen MR) is 180 cm³/mol. The quantitative estimate of drug-likeness (QED) is 0.0581. The fourth-order valence-corrected chi connectivity index (χ4v) is 4.78. The standard InChI is InChI=1S/C32H45N9O11/c1-16(2)26(36-17(3)44)31(50)38-21(10-19-12-34-15-35-19)28(47)41-23(13-42)29(48)37-20(9-18-7-5-4-6-8-18)27(46)40-24(14-43)30(49)39-22(32(51)52)11-25(33)45/h4-8,12,15-16,20-24,26,42-43H,9-11,13-14H2,1-3H3,(H2,33,45)(H,34,35)(H,36,44)(H,37,48)(H,38,50)(H,39,49)(H,40,46)(H,41,47)(H,51,52)/t20-,21-,22-,23-,24-,26-/m0/s1. The van der Waals surface area contributed by atoms with Gasteiger partial charge in [-0.2, -0.15) is 0 Å². The molecule has 2 rings (SSSR count). The van der Waals surface area contributed by atoms with Gasteiger partial charge in [0.05, 0.1) is 26.0 Å². The number of carbonyl (C=O) groups is 8. The summed E-state index contributed by atoms with van der Waals surface area (Å²) < 4.78 is 0. The second-order valence-electron chi connectivity index (χ2n) is 12.1. The Morgan fingerprint density at radius 3 is 1.63 bits per heavy atom. The number of hydrogen-bond acceptors (Lipinski definition) is 11. The van der Waals surface area contributed by atoms with Crippen LogP contribution in [0.1, 0.15) is 38.4 Å².